The normalized spacial score (nSPS) is 12.6. The van der Waals surface area contributed by atoms with Crippen LogP contribution in [0, 0.1) is 0 Å². The van der Waals surface area contributed by atoms with Gasteiger partial charge in [0.15, 0.2) is 5.75 Å². The predicted molar refractivity (Wildman–Crippen MR) is 88.3 cm³/mol. The molecular weight excluding hydrogens is 546 g/mol. The third-order valence-electron chi connectivity index (χ3n) is 2.26. The van der Waals surface area contributed by atoms with E-state index in [2.05, 4.69) is 34.7 Å². The summed E-state index contributed by atoms with van der Waals surface area (Å²) < 4.78 is 105. The molecule has 0 saturated carbocycles. The molecule has 0 fully saturated rings. The Balaban J connectivity index is 0.000000516. The predicted octanol–water partition coefficient (Wildman–Crippen LogP) is 6.66. The van der Waals surface area contributed by atoms with Crippen LogP contribution in [0.15, 0.2) is 16.9 Å². The summed E-state index contributed by atoms with van der Waals surface area (Å²) in [4.78, 5) is 3.24. The first-order valence-corrected chi connectivity index (χ1v) is 9.94. The van der Waals surface area contributed by atoms with E-state index in [0.717, 1.165) is 0 Å². The van der Waals surface area contributed by atoms with Gasteiger partial charge >= 0.3 is 25.0 Å². The topological polar surface area (TPSA) is 57.7 Å². The number of ether oxygens (including phenoxy) is 1. The van der Waals surface area contributed by atoms with Crippen molar-refractivity contribution < 1.29 is 49.1 Å². The molecule has 15 heteroatoms. The van der Waals surface area contributed by atoms with Crippen molar-refractivity contribution in [1.29, 1.82) is 0 Å². The Morgan fingerprint density at radius 3 is 1.96 bits per heavy atom. The minimum Gasteiger partial charge on any atom is -0.432 e. The van der Waals surface area contributed by atoms with Gasteiger partial charge in [-0.15, -0.1) is 0 Å². The minimum atomic E-state index is -4.64. The molecule has 1 rings (SSSR count). The molecule has 0 aliphatic carbocycles. The summed E-state index contributed by atoms with van der Waals surface area (Å²) in [6, 6.07) is 0.448. The summed E-state index contributed by atoms with van der Waals surface area (Å²) in [6.45, 7) is -0.447. The van der Waals surface area contributed by atoms with Crippen molar-refractivity contribution in [2.24, 2.45) is 0 Å². The van der Waals surface area contributed by atoms with E-state index in [-0.39, 0.29) is 17.8 Å². The number of aromatic nitrogens is 1. The van der Waals surface area contributed by atoms with Crippen LogP contribution in [0.5, 0.6) is 5.75 Å². The van der Waals surface area contributed by atoms with Crippen LogP contribution in [-0.2, 0) is 19.8 Å². The van der Waals surface area contributed by atoms with Crippen LogP contribution < -0.4 is 4.74 Å². The first kappa shape index (κ1) is 26.6. The SMILES string of the molecule is CCOP(=O)(OCC)C(F)(F)Br.FC(F)Oc1cc(C(F)(F)F)cnc1Br. The van der Waals surface area contributed by atoms with E-state index < -0.39 is 36.3 Å². The van der Waals surface area contributed by atoms with E-state index in [1.165, 1.54) is 13.8 Å². The Bertz CT molecular complexity index is 633. The highest BCUT2D eigenvalue weighted by Crippen LogP contribution is 2.64. The molecule has 0 saturated heterocycles. The van der Waals surface area contributed by atoms with Gasteiger partial charge in [0.25, 0.3) is 0 Å². The molecule has 0 unspecified atom stereocenters. The summed E-state index contributed by atoms with van der Waals surface area (Å²) in [5.41, 5.74) is -1.15. The van der Waals surface area contributed by atoms with Crippen LogP contribution >= 0.6 is 39.5 Å². The van der Waals surface area contributed by atoms with Crippen molar-refractivity contribution in [3.05, 3.63) is 22.4 Å². The van der Waals surface area contributed by atoms with Crippen LogP contribution in [-0.4, -0.2) is 29.4 Å². The lowest BCUT2D eigenvalue weighted by Crippen LogP contribution is -2.12. The van der Waals surface area contributed by atoms with E-state index in [4.69, 9.17) is 0 Å². The molecular formula is C12H13Br2F7NO4P. The van der Waals surface area contributed by atoms with Crippen molar-refractivity contribution in [3.8, 4) is 5.75 Å². The van der Waals surface area contributed by atoms with E-state index in [1.807, 2.05) is 15.9 Å². The molecule has 1 aromatic heterocycles. The van der Waals surface area contributed by atoms with Crippen LogP contribution in [0.2, 0.25) is 0 Å². The van der Waals surface area contributed by atoms with Crippen LogP contribution in [0.25, 0.3) is 0 Å². The van der Waals surface area contributed by atoms with Crippen LogP contribution in [0.1, 0.15) is 19.4 Å². The number of hydrogen-bond donors (Lipinski definition) is 0. The summed E-state index contributed by atoms with van der Waals surface area (Å²) >= 11 is 4.65. The zero-order valence-corrected chi connectivity index (χ0v) is 17.6. The number of halogens is 9. The number of pyridine rings is 1. The third-order valence-corrected chi connectivity index (χ3v) is 5.97. The van der Waals surface area contributed by atoms with Crippen molar-refractivity contribution in [3.63, 3.8) is 0 Å². The summed E-state index contributed by atoms with van der Waals surface area (Å²) in [7, 11) is -4.32. The number of nitrogens with zero attached hydrogens (tertiary/aromatic N) is 1. The monoisotopic (exact) mass is 557 g/mol. The van der Waals surface area contributed by atoms with Gasteiger partial charge in [0.2, 0.25) is 0 Å². The first-order chi connectivity index (χ1) is 12.2. The van der Waals surface area contributed by atoms with E-state index >= 15 is 0 Å². The van der Waals surface area contributed by atoms with Gasteiger partial charge in [-0.1, -0.05) is 0 Å². The highest BCUT2D eigenvalue weighted by atomic mass is 79.9. The van der Waals surface area contributed by atoms with Gasteiger partial charge in [0.05, 0.1) is 18.8 Å². The number of rotatable bonds is 7. The fourth-order valence-electron chi connectivity index (χ4n) is 1.29. The molecule has 0 spiro atoms. The summed E-state index contributed by atoms with van der Waals surface area (Å²) in [5, 5.41) is 0. The maximum atomic E-state index is 12.5. The highest BCUT2D eigenvalue weighted by molar-refractivity contribution is 9.11. The lowest BCUT2D eigenvalue weighted by molar-refractivity contribution is -0.138. The summed E-state index contributed by atoms with van der Waals surface area (Å²) in [5.74, 6) is -0.653. The molecule has 0 atom stereocenters. The average Bonchev–Trinajstić information content (AvgIpc) is 2.48. The number of alkyl halides is 8. The lowest BCUT2D eigenvalue weighted by atomic mass is 10.3. The smallest absolute Gasteiger partial charge is 0.418 e. The molecule has 0 aromatic carbocycles. The Morgan fingerprint density at radius 1 is 1.15 bits per heavy atom. The van der Waals surface area contributed by atoms with Gasteiger partial charge in [0.1, 0.15) is 4.60 Å². The molecule has 0 aliphatic rings. The maximum absolute atomic E-state index is 12.5. The average molecular weight is 559 g/mol. The molecule has 0 N–H and O–H groups in total. The van der Waals surface area contributed by atoms with Gasteiger partial charge in [0, 0.05) is 22.1 Å². The second-order valence-corrected chi connectivity index (χ2v) is 8.62. The molecule has 27 heavy (non-hydrogen) atoms. The summed E-state index contributed by atoms with van der Waals surface area (Å²) in [6.07, 6.45) is -4.13. The highest BCUT2D eigenvalue weighted by Gasteiger charge is 2.51. The van der Waals surface area contributed by atoms with Crippen molar-refractivity contribution in [2.75, 3.05) is 13.2 Å². The van der Waals surface area contributed by atoms with Gasteiger partial charge in [-0.2, -0.15) is 30.7 Å². The van der Waals surface area contributed by atoms with Gasteiger partial charge in [-0.05, 0) is 35.8 Å². The Hall–Kier alpha value is -0.430. The zero-order valence-electron chi connectivity index (χ0n) is 13.6. The van der Waals surface area contributed by atoms with Gasteiger partial charge in [-0.25, -0.2) is 4.98 Å². The minimum absolute atomic E-state index is 0.0849. The quantitative estimate of drug-likeness (QED) is 0.162. The second kappa shape index (κ2) is 10.9. The Kier molecular flexibility index (Phi) is 10.8. The molecule has 1 heterocycles. The molecule has 0 radical (unpaired) electrons. The van der Waals surface area contributed by atoms with Crippen LogP contribution in [0.3, 0.4) is 0 Å². The van der Waals surface area contributed by atoms with Crippen molar-refractivity contribution in [1.82, 2.24) is 4.98 Å². The van der Waals surface area contributed by atoms with Crippen molar-refractivity contribution in [2.45, 2.75) is 31.2 Å². The van der Waals surface area contributed by atoms with Crippen LogP contribution in [0.4, 0.5) is 30.7 Å². The van der Waals surface area contributed by atoms with Gasteiger partial charge in [-0.3, -0.25) is 4.57 Å². The third kappa shape index (κ3) is 9.07. The molecule has 0 amide bonds. The van der Waals surface area contributed by atoms with E-state index in [9.17, 15) is 35.3 Å². The molecule has 0 aliphatic heterocycles. The standard InChI is InChI=1S/C7H3BrF5NO.C5H10BrF2O3P/c8-5-4(15-6(9)10)1-3(2-14-5)7(11,12)13;1-3-10-12(9,11-4-2)5(6,7)8/h1-2,6H;3-4H2,1-2H3. The van der Waals surface area contributed by atoms with E-state index in [1.54, 1.807) is 0 Å². The zero-order chi connectivity index (χ0) is 21.5. The first-order valence-electron chi connectivity index (χ1n) is 6.81. The Labute approximate surface area is 166 Å². The number of hydrogen-bond acceptors (Lipinski definition) is 5. The Morgan fingerprint density at radius 2 is 1.63 bits per heavy atom. The van der Waals surface area contributed by atoms with Gasteiger partial charge < -0.3 is 13.8 Å². The maximum Gasteiger partial charge on any atom is 0.418 e. The molecule has 0 bridgehead atoms. The lowest BCUT2D eigenvalue weighted by Gasteiger charge is -2.20. The molecule has 158 valence electrons. The van der Waals surface area contributed by atoms with Crippen molar-refractivity contribution >= 4 is 39.5 Å². The largest absolute Gasteiger partial charge is 0.432 e. The molecule has 5 nitrogen and oxygen atoms in total. The van der Waals surface area contributed by atoms with E-state index in [0.29, 0.717) is 12.3 Å². The second-order valence-electron chi connectivity index (χ2n) is 4.19. The fraction of sp³-hybridized carbons (Fsp3) is 0.583. The fourth-order valence-corrected chi connectivity index (χ4v) is 3.26. The molecule has 1 aromatic rings.